The summed E-state index contributed by atoms with van der Waals surface area (Å²) in [6, 6.07) is 5.96. The molecule has 3 aromatic rings. The number of sulfonamides is 1. The first-order chi connectivity index (χ1) is 17.1. The van der Waals surface area contributed by atoms with E-state index in [9.17, 15) is 18.0 Å². The molecule has 1 aromatic carbocycles. The summed E-state index contributed by atoms with van der Waals surface area (Å²) in [5.74, 6) is -0.781. The van der Waals surface area contributed by atoms with Crippen molar-refractivity contribution in [1.29, 1.82) is 0 Å². The topological polar surface area (TPSA) is 119 Å². The number of hydrogen-bond acceptors (Lipinski definition) is 7. The van der Waals surface area contributed by atoms with Crippen molar-refractivity contribution in [3.05, 3.63) is 44.9 Å². The van der Waals surface area contributed by atoms with E-state index in [0.717, 1.165) is 23.5 Å². The molecule has 2 unspecified atom stereocenters. The number of piperazine rings is 1. The lowest BCUT2D eigenvalue weighted by Crippen LogP contribution is -2.61. The van der Waals surface area contributed by atoms with Crippen molar-refractivity contribution in [2.24, 2.45) is 0 Å². The molecule has 2 aliphatic heterocycles. The van der Waals surface area contributed by atoms with Crippen LogP contribution in [0.25, 0.3) is 10.9 Å². The molecule has 0 spiro atoms. The molecule has 1 saturated heterocycles. The molecule has 4 heterocycles. The number of halogens is 1. The molecule has 0 bridgehead atoms. The maximum atomic E-state index is 13.5. The average molecular weight is 551 g/mol. The standard InChI is InChI=1S/C23H27ClN6O4S2/c1-13-8-17-19(12-28(13)3)35-22(27-17)23(32)30-7-6-29(11-18(30)21(31)25-2)36(33,34)20-10-14-9-15(24)4-5-16(14)26-20/h4-5,9-10,13,18,26H,6-8,11-12H2,1-3H3,(H,25,31). The van der Waals surface area contributed by atoms with Crippen LogP contribution in [-0.4, -0.2) is 90.1 Å². The molecule has 0 saturated carbocycles. The van der Waals surface area contributed by atoms with Gasteiger partial charge in [0, 0.05) is 66.5 Å². The van der Waals surface area contributed by atoms with E-state index in [4.69, 9.17) is 11.6 Å². The Bertz CT molecular complexity index is 1420. The molecule has 10 nitrogen and oxygen atoms in total. The minimum absolute atomic E-state index is 0.0149. The maximum Gasteiger partial charge on any atom is 0.283 e. The van der Waals surface area contributed by atoms with E-state index in [1.54, 1.807) is 18.2 Å². The molecular weight excluding hydrogens is 524 g/mol. The molecule has 13 heteroatoms. The van der Waals surface area contributed by atoms with Gasteiger partial charge in [-0.3, -0.25) is 14.5 Å². The van der Waals surface area contributed by atoms with Gasteiger partial charge >= 0.3 is 0 Å². The highest BCUT2D eigenvalue weighted by molar-refractivity contribution is 7.89. The van der Waals surface area contributed by atoms with E-state index in [-0.39, 0.29) is 30.6 Å². The summed E-state index contributed by atoms with van der Waals surface area (Å²) in [7, 11) is -0.431. The van der Waals surface area contributed by atoms with E-state index in [1.165, 1.54) is 33.7 Å². The Morgan fingerprint density at radius 1 is 1.25 bits per heavy atom. The third-order valence-corrected chi connectivity index (χ3v) is 10.0. The number of likely N-dealkylation sites (N-methyl/N-ethyl adjacent to an activating group) is 2. The lowest BCUT2D eigenvalue weighted by Gasteiger charge is -2.39. The number of carbonyl (C=O) groups is 2. The van der Waals surface area contributed by atoms with Crippen LogP contribution in [0.15, 0.2) is 29.3 Å². The third kappa shape index (κ3) is 4.41. The number of rotatable bonds is 4. The van der Waals surface area contributed by atoms with Crippen LogP contribution < -0.4 is 5.32 Å². The highest BCUT2D eigenvalue weighted by Crippen LogP contribution is 2.30. The largest absolute Gasteiger partial charge is 0.357 e. The van der Waals surface area contributed by atoms with Gasteiger partial charge in [0.1, 0.15) is 11.1 Å². The Labute approximate surface area is 218 Å². The van der Waals surface area contributed by atoms with E-state index >= 15 is 0 Å². The first-order valence-electron chi connectivity index (χ1n) is 11.6. The Kier molecular flexibility index (Phi) is 6.58. The van der Waals surface area contributed by atoms with Crippen LogP contribution in [0.3, 0.4) is 0 Å². The predicted molar refractivity (Wildman–Crippen MR) is 138 cm³/mol. The molecule has 2 aromatic heterocycles. The number of thiazole rings is 1. The first-order valence-corrected chi connectivity index (χ1v) is 14.2. The van der Waals surface area contributed by atoms with Gasteiger partial charge in [-0.05, 0) is 38.2 Å². The fourth-order valence-electron chi connectivity index (χ4n) is 4.66. The zero-order valence-electron chi connectivity index (χ0n) is 20.1. The maximum absolute atomic E-state index is 13.5. The molecule has 2 amide bonds. The van der Waals surface area contributed by atoms with Crippen molar-refractivity contribution < 1.29 is 18.0 Å². The zero-order valence-corrected chi connectivity index (χ0v) is 22.5. The molecule has 2 N–H and O–H groups in total. The lowest BCUT2D eigenvalue weighted by molar-refractivity contribution is -0.126. The number of hydrogen-bond donors (Lipinski definition) is 2. The summed E-state index contributed by atoms with van der Waals surface area (Å²) < 4.78 is 28.1. The quantitative estimate of drug-likeness (QED) is 0.512. The second-order valence-corrected chi connectivity index (χ2v) is 12.6. The Balaban J connectivity index is 1.40. The summed E-state index contributed by atoms with van der Waals surface area (Å²) in [6.45, 7) is 2.81. The van der Waals surface area contributed by atoms with E-state index in [1.807, 2.05) is 7.05 Å². The van der Waals surface area contributed by atoms with Gasteiger partial charge < -0.3 is 15.2 Å². The second kappa shape index (κ2) is 9.42. The summed E-state index contributed by atoms with van der Waals surface area (Å²) in [6.07, 6.45) is 0.760. The molecule has 1 fully saturated rings. The number of aromatic nitrogens is 2. The van der Waals surface area contributed by atoms with Crippen LogP contribution in [0.4, 0.5) is 0 Å². The van der Waals surface area contributed by atoms with Gasteiger partial charge in [-0.15, -0.1) is 11.3 Å². The summed E-state index contributed by atoms with van der Waals surface area (Å²) in [4.78, 5) is 38.5. The number of fused-ring (bicyclic) bond motifs is 2. The summed E-state index contributed by atoms with van der Waals surface area (Å²) in [5, 5.41) is 4.09. The molecule has 0 radical (unpaired) electrons. The van der Waals surface area contributed by atoms with Crippen molar-refractivity contribution in [1.82, 2.24) is 29.4 Å². The minimum atomic E-state index is -3.94. The van der Waals surface area contributed by atoms with Crippen molar-refractivity contribution in [3.63, 3.8) is 0 Å². The number of carbonyl (C=O) groups excluding carboxylic acids is 2. The molecule has 36 heavy (non-hydrogen) atoms. The third-order valence-electron chi connectivity index (χ3n) is 6.92. The first kappa shape index (κ1) is 25.2. The van der Waals surface area contributed by atoms with Crippen molar-refractivity contribution in [3.8, 4) is 0 Å². The van der Waals surface area contributed by atoms with Crippen LogP contribution in [0.2, 0.25) is 5.02 Å². The van der Waals surface area contributed by atoms with Gasteiger partial charge in [-0.1, -0.05) is 11.6 Å². The summed E-state index contributed by atoms with van der Waals surface area (Å²) in [5.41, 5.74) is 1.56. The fraction of sp³-hybridized carbons (Fsp3) is 0.435. The smallest absolute Gasteiger partial charge is 0.283 e. The molecule has 2 aliphatic rings. The number of aromatic amines is 1. The average Bonchev–Trinajstić information content (AvgIpc) is 3.47. The SMILES string of the molecule is CNC(=O)C1CN(S(=O)(=O)c2cc3cc(Cl)ccc3[nH]2)CCN1C(=O)c1nc2c(s1)CN(C)C(C)C2. The van der Waals surface area contributed by atoms with Crippen LogP contribution >= 0.6 is 22.9 Å². The normalized spacial score (nSPS) is 21.5. The molecule has 192 valence electrons. The number of benzene rings is 1. The summed E-state index contributed by atoms with van der Waals surface area (Å²) >= 11 is 7.39. The van der Waals surface area contributed by atoms with Crippen LogP contribution in [0.1, 0.15) is 27.3 Å². The van der Waals surface area contributed by atoms with Crippen molar-refractivity contribution >= 4 is 55.7 Å². The molecule has 2 atom stereocenters. The van der Waals surface area contributed by atoms with Crippen molar-refractivity contribution in [2.75, 3.05) is 33.7 Å². The van der Waals surface area contributed by atoms with Gasteiger partial charge in [0.05, 0.1) is 5.69 Å². The van der Waals surface area contributed by atoms with Gasteiger partial charge in [0.2, 0.25) is 5.91 Å². The molecule has 0 aliphatic carbocycles. The lowest BCUT2D eigenvalue weighted by atomic mass is 10.1. The van der Waals surface area contributed by atoms with Crippen LogP contribution in [0.5, 0.6) is 0 Å². The monoisotopic (exact) mass is 550 g/mol. The van der Waals surface area contributed by atoms with E-state index in [2.05, 4.69) is 27.1 Å². The number of nitrogens with one attached hydrogen (secondary N) is 2. The Hall–Kier alpha value is -2.51. The number of amides is 2. The number of nitrogens with zero attached hydrogens (tertiary/aromatic N) is 4. The highest BCUT2D eigenvalue weighted by Gasteiger charge is 2.41. The van der Waals surface area contributed by atoms with Crippen LogP contribution in [0, 0.1) is 0 Å². The molecule has 5 rings (SSSR count). The Morgan fingerprint density at radius 3 is 2.78 bits per heavy atom. The minimum Gasteiger partial charge on any atom is -0.357 e. The van der Waals surface area contributed by atoms with Gasteiger partial charge in [0.15, 0.2) is 5.01 Å². The fourth-order valence-corrected chi connectivity index (χ4v) is 7.41. The highest BCUT2D eigenvalue weighted by atomic mass is 35.5. The number of H-pyrrole nitrogens is 1. The van der Waals surface area contributed by atoms with Gasteiger partial charge in [-0.2, -0.15) is 4.31 Å². The molecular formula is C23H27ClN6O4S2. The zero-order chi connectivity index (χ0) is 25.8. The van der Waals surface area contributed by atoms with E-state index < -0.39 is 22.0 Å². The van der Waals surface area contributed by atoms with E-state index in [0.29, 0.717) is 27.0 Å². The second-order valence-electron chi connectivity index (χ2n) is 9.21. The van der Waals surface area contributed by atoms with Crippen LogP contribution in [-0.2, 0) is 27.8 Å². The van der Waals surface area contributed by atoms with Crippen molar-refractivity contribution in [2.45, 2.75) is 37.0 Å². The van der Waals surface area contributed by atoms with Gasteiger partial charge in [0.25, 0.3) is 15.9 Å². The Morgan fingerprint density at radius 2 is 2.03 bits per heavy atom. The predicted octanol–water partition coefficient (Wildman–Crippen LogP) is 1.92. The van der Waals surface area contributed by atoms with Gasteiger partial charge in [-0.25, -0.2) is 13.4 Å².